The summed E-state index contributed by atoms with van der Waals surface area (Å²) >= 11 is 0. The molecule has 0 radical (unpaired) electrons. The number of allylic oxidation sites excluding steroid dienone is 1. The Balaban J connectivity index is 1.95. The summed E-state index contributed by atoms with van der Waals surface area (Å²) in [7, 11) is 1.55. The van der Waals surface area contributed by atoms with Crippen molar-refractivity contribution < 1.29 is 23.8 Å². The Labute approximate surface area is 188 Å². The molecule has 2 N–H and O–H groups in total. The molecular formula is C25H30N2O5. The van der Waals surface area contributed by atoms with Gasteiger partial charge < -0.3 is 24.8 Å². The van der Waals surface area contributed by atoms with Crippen LogP contribution >= 0.6 is 0 Å². The number of hydrogen-bond acceptors (Lipinski definition) is 5. The van der Waals surface area contributed by atoms with E-state index in [0.717, 1.165) is 5.56 Å². The SMILES string of the molecule is COc1cc(C2NC(=O)NC(C(C)C)=C2C(=O)OC(C)C)ccc1OCc1ccccc1. The van der Waals surface area contributed by atoms with Crippen molar-refractivity contribution >= 4 is 12.0 Å². The number of hydrogen-bond donors (Lipinski definition) is 2. The van der Waals surface area contributed by atoms with Crippen LogP contribution in [0.2, 0.25) is 0 Å². The van der Waals surface area contributed by atoms with E-state index in [0.29, 0.717) is 34.9 Å². The van der Waals surface area contributed by atoms with E-state index in [4.69, 9.17) is 14.2 Å². The Kier molecular flexibility index (Phi) is 7.41. The number of rotatable bonds is 8. The average Bonchev–Trinajstić information content (AvgIpc) is 2.77. The molecule has 0 saturated heterocycles. The Bertz CT molecular complexity index is 999. The molecule has 1 aliphatic heterocycles. The second-order valence-corrected chi connectivity index (χ2v) is 8.15. The summed E-state index contributed by atoms with van der Waals surface area (Å²) in [6.45, 7) is 7.81. The number of esters is 1. The molecule has 3 rings (SSSR count). The number of benzene rings is 2. The van der Waals surface area contributed by atoms with Gasteiger partial charge in [0.15, 0.2) is 11.5 Å². The van der Waals surface area contributed by atoms with Crippen molar-refractivity contribution in [3.8, 4) is 11.5 Å². The lowest BCUT2D eigenvalue weighted by Gasteiger charge is -2.31. The first-order valence-electron chi connectivity index (χ1n) is 10.7. The maximum absolute atomic E-state index is 13.0. The zero-order chi connectivity index (χ0) is 23.3. The topological polar surface area (TPSA) is 85.9 Å². The van der Waals surface area contributed by atoms with Gasteiger partial charge in [-0.2, -0.15) is 0 Å². The molecule has 0 saturated carbocycles. The lowest BCUT2D eigenvalue weighted by molar-refractivity contribution is -0.143. The smallest absolute Gasteiger partial charge is 0.338 e. The van der Waals surface area contributed by atoms with Crippen LogP contribution in [0.25, 0.3) is 0 Å². The molecule has 170 valence electrons. The number of ether oxygens (including phenoxy) is 3. The van der Waals surface area contributed by atoms with Crippen LogP contribution in [-0.2, 0) is 16.1 Å². The van der Waals surface area contributed by atoms with Crippen LogP contribution in [0.15, 0.2) is 59.8 Å². The van der Waals surface area contributed by atoms with E-state index >= 15 is 0 Å². The van der Waals surface area contributed by atoms with E-state index in [2.05, 4.69) is 10.6 Å². The zero-order valence-corrected chi connectivity index (χ0v) is 19.1. The largest absolute Gasteiger partial charge is 0.493 e. The van der Waals surface area contributed by atoms with E-state index < -0.39 is 12.0 Å². The molecule has 2 aromatic carbocycles. The monoisotopic (exact) mass is 438 g/mol. The van der Waals surface area contributed by atoms with E-state index in [1.54, 1.807) is 33.1 Å². The third-order valence-electron chi connectivity index (χ3n) is 5.00. The summed E-state index contributed by atoms with van der Waals surface area (Å²) in [5, 5.41) is 5.62. The van der Waals surface area contributed by atoms with Crippen molar-refractivity contribution in [2.45, 2.75) is 46.4 Å². The van der Waals surface area contributed by atoms with Crippen LogP contribution < -0.4 is 20.1 Å². The lowest BCUT2D eigenvalue weighted by Crippen LogP contribution is -2.47. The highest BCUT2D eigenvalue weighted by Crippen LogP contribution is 2.36. The van der Waals surface area contributed by atoms with Gasteiger partial charge in [0.1, 0.15) is 6.61 Å². The molecule has 2 amide bonds. The van der Waals surface area contributed by atoms with E-state index in [1.165, 1.54) is 0 Å². The van der Waals surface area contributed by atoms with E-state index in [-0.39, 0.29) is 18.1 Å². The lowest BCUT2D eigenvalue weighted by atomic mass is 9.91. The second kappa shape index (κ2) is 10.2. The third kappa shape index (κ3) is 5.41. The van der Waals surface area contributed by atoms with Crippen molar-refractivity contribution in [1.29, 1.82) is 0 Å². The Morgan fingerprint density at radius 3 is 2.38 bits per heavy atom. The first-order valence-corrected chi connectivity index (χ1v) is 10.7. The Hall–Kier alpha value is -3.48. The maximum Gasteiger partial charge on any atom is 0.338 e. The highest BCUT2D eigenvalue weighted by atomic mass is 16.5. The van der Waals surface area contributed by atoms with Gasteiger partial charge in [0, 0.05) is 5.70 Å². The van der Waals surface area contributed by atoms with Crippen LogP contribution in [0.1, 0.15) is 44.9 Å². The summed E-state index contributed by atoms with van der Waals surface area (Å²) in [6, 6.07) is 14.2. The minimum Gasteiger partial charge on any atom is -0.493 e. The van der Waals surface area contributed by atoms with Gasteiger partial charge in [-0.15, -0.1) is 0 Å². The molecule has 7 heteroatoms. The maximum atomic E-state index is 13.0. The summed E-state index contributed by atoms with van der Waals surface area (Å²) in [4.78, 5) is 25.3. The minimum atomic E-state index is -0.676. The van der Waals surface area contributed by atoms with Crippen molar-refractivity contribution in [2.75, 3.05) is 7.11 Å². The van der Waals surface area contributed by atoms with Gasteiger partial charge in [0.25, 0.3) is 0 Å². The number of carbonyl (C=O) groups is 2. The number of methoxy groups -OCH3 is 1. The molecular weight excluding hydrogens is 408 g/mol. The first-order chi connectivity index (χ1) is 15.3. The van der Waals surface area contributed by atoms with Crippen LogP contribution in [0, 0.1) is 5.92 Å². The number of amides is 2. The molecule has 1 unspecified atom stereocenters. The van der Waals surface area contributed by atoms with Gasteiger partial charge in [0.2, 0.25) is 0 Å². The summed E-state index contributed by atoms with van der Waals surface area (Å²) in [5.74, 6) is 0.534. The highest BCUT2D eigenvalue weighted by Gasteiger charge is 2.35. The van der Waals surface area contributed by atoms with Crippen molar-refractivity contribution in [3.05, 3.63) is 70.9 Å². The van der Waals surface area contributed by atoms with Crippen LogP contribution in [0.4, 0.5) is 4.79 Å². The second-order valence-electron chi connectivity index (χ2n) is 8.15. The fraction of sp³-hybridized carbons (Fsp3) is 0.360. The summed E-state index contributed by atoms with van der Waals surface area (Å²) in [5.41, 5.74) is 2.66. The van der Waals surface area contributed by atoms with Crippen molar-refractivity contribution in [1.82, 2.24) is 10.6 Å². The number of nitrogens with one attached hydrogen (secondary N) is 2. The fourth-order valence-electron chi connectivity index (χ4n) is 3.51. The molecule has 7 nitrogen and oxygen atoms in total. The molecule has 0 fully saturated rings. The van der Waals surface area contributed by atoms with Gasteiger partial charge in [-0.25, -0.2) is 9.59 Å². The molecule has 32 heavy (non-hydrogen) atoms. The van der Waals surface area contributed by atoms with Crippen LogP contribution in [0.5, 0.6) is 11.5 Å². The van der Waals surface area contributed by atoms with Gasteiger partial charge in [0.05, 0.1) is 24.8 Å². The molecule has 1 atom stereocenters. The zero-order valence-electron chi connectivity index (χ0n) is 19.1. The highest BCUT2D eigenvalue weighted by molar-refractivity contribution is 5.95. The minimum absolute atomic E-state index is 0.0753. The molecule has 0 bridgehead atoms. The van der Waals surface area contributed by atoms with Crippen LogP contribution in [0.3, 0.4) is 0 Å². The predicted octanol–water partition coefficient (Wildman–Crippen LogP) is 4.49. The molecule has 1 heterocycles. The van der Waals surface area contributed by atoms with Gasteiger partial charge in [-0.05, 0) is 43.0 Å². The van der Waals surface area contributed by atoms with E-state index in [1.807, 2.05) is 50.2 Å². The fourth-order valence-corrected chi connectivity index (χ4v) is 3.51. The third-order valence-corrected chi connectivity index (χ3v) is 5.00. The van der Waals surface area contributed by atoms with Gasteiger partial charge >= 0.3 is 12.0 Å². The van der Waals surface area contributed by atoms with E-state index in [9.17, 15) is 9.59 Å². The number of carbonyl (C=O) groups excluding carboxylic acids is 2. The van der Waals surface area contributed by atoms with Crippen molar-refractivity contribution in [2.24, 2.45) is 5.92 Å². The average molecular weight is 439 g/mol. The quantitative estimate of drug-likeness (QED) is 0.593. The van der Waals surface area contributed by atoms with Gasteiger partial charge in [-0.1, -0.05) is 50.2 Å². The Morgan fingerprint density at radius 2 is 1.75 bits per heavy atom. The number of urea groups is 1. The molecule has 1 aliphatic rings. The Morgan fingerprint density at radius 1 is 1.03 bits per heavy atom. The standard InChI is InChI=1S/C25H30N2O5/c1-15(2)22-21(24(28)32-16(3)4)23(27-25(29)26-22)18-11-12-19(20(13-18)30-5)31-14-17-9-7-6-8-10-17/h6-13,15-16,23H,14H2,1-5H3,(H2,26,27,29). The molecule has 2 aromatic rings. The predicted molar refractivity (Wildman–Crippen MR) is 121 cm³/mol. The molecule has 0 spiro atoms. The normalized spacial score (nSPS) is 16.0. The van der Waals surface area contributed by atoms with Gasteiger partial charge in [-0.3, -0.25) is 0 Å². The summed E-state index contributed by atoms with van der Waals surface area (Å²) in [6.07, 6.45) is -0.287. The molecule has 0 aromatic heterocycles. The van der Waals surface area contributed by atoms with Crippen molar-refractivity contribution in [3.63, 3.8) is 0 Å². The summed E-state index contributed by atoms with van der Waals surface area (Å²) < 4.78 is 17.0. The van der Waals surface area contributed by atoms with Crippen LogP contribution in [-0.4, -0.2) is 25.2 Å². The molecule has 0 aliphatic carbocycles. The first kappa shape index (κ1) is 23.2.